The van der Waals surface area contributed by atoms with Crippen LogP contribution in [-0.4, -0.2) is 48.2 Å². The number of carbonyl (C=O) groups is 1. The molecule has 2 rings (SSSR count). The molecular formula is C13H24N2O2. The highest BCUT2D eigenvalue weighted by Gasteiger charge is 2.29. The predicted molar refractivity (Wildman–Crippen MR) is 67.0 cm³/mol. The molecule has 0 radical (unpaired) electrons. The smallest absolute Gasteiger partial charge is 0.317 e. The van der Waals surface area contributed by atoms with Crippen molar-refractivity contribution in [2.24, 2.45) is 11.8 Å². The lowest BCUT2D eigenvalue weighted by Crippen LogP contribution is -2.50. The SMILES string of the molecule is CCC1CC(NCC2CC2)CN(CC(=O)O)C1. The molecule has 2 fully saturated rings. The summed E-state index contributed by atoms with van der Waals surface area (Å²) in [6.45, 7) is 5.37. The molecule has 2 atom stereocenters. The van der Waals surface area contributed by atoms with E-state index < -0.39 is 5.97 Å². The zero-order valence-corrected chi connectivity index (χ0v) is 10.7. The zero-order chi connectivity index (χ0) is 12.3. The molecule has 0 amide bonds. The average Bonchev–Trinajstić information content (AvgIpc) is 3.09. The molecule has 1 aliphatic carbocycles. The van der Waals surface area contributed by atoms with Crippen molar-refractivity contribution >= 4 is 5.97 Å². The first-order chi connectivity index (χ1) is 8.17. The summed E-state index contributed by atoms with van der Waals surface area (Å²) in [5, 5.41) is 12.5. The summed E-state index contributed by atoms with van der Waals surface area (Å²) in [7, 11) is 0. The monoisotopic (exact) mass is 240 g/mol. The fraction of sp³-hybridized carbons (Fsp3) is 0.923. The summed E-state index contributed by atoms with van der Waals surface area (Å²) in [6.07, 6.45) is 5.10. The molecule has 4 nitrogen and oxygen atoms in total. The molecule has 0 aromatic heterocycles. The van der Waals surface area contributed by atoms with Crippen molar-refractivity contribution in [3.63, 3.8) is 0 Å². The number of carboxylic acid groups (broad SMARTS) is 1. The van der Waals surface area contributed by atoms with Crippen molar-refractivity contribution in [1.82, 2.24) is 10.2 Å². The first-order valence-corrected chi connectivity index (χ1v) is 6.85. The lowest BCUT2D eigenvalue weighted by Gasteiger charge is -2.37. The molecule has 2 unspecified atom stereocenters. The Balaban J connectivity index is 1.80. The molecule has 1 heterocycles. The van der Waals surface area contributed by atoms with Gasteiger partial charge in [-0.3, -0.25) is 9.69 Å². The fourth-order valence-electron chi connectivity index (χ4n) is 2.72. The number of nitrogens with one attached hydrogen (secondary N) is 1. The Morgan fingerprint density at radius 2 is 2.12 bits per heavy atom. The number of piperidine rings is 1. The highest BCUT2D eigenvalue weighted by Crippen LogP contribution is 2.28. The molecule has 0 bridgehead atoms. The lowest BCUT2D eigenvalue weighted by molar-refractivity contribution is -0.138. The Hall–Kier alpha value is -0.610. The van der Waals surface area contributed by atoms with Crippen molar-refractivity contribution in [1.29, 1.82) is 0 Å². The van der Waals surface area contributed by atoms with Gasteiger partial charge >= 0.3 is 5.97 Å². The van der Waals surface area contributed by atoms with E-state index in [1.165, 1.54) is 19.3 Å². The van der Waals surface area contributed by atoms with Crippen molar-refractivity contribution in [2.45, 2.75) is 38.6 Å². The van der Waals surface area contributed by atoms with E-state index in [0.29, 0.717) is 12.0 Å². The molecule has 0 aromatic rings. The van der Waals surface area contributed by atoms with Gasteiger partial charge < -0.3 is 10.4 Å². The Bertz CT molecular complexity index is 266. The molecule has 0 aromatic carbocycles. The van der Waals surface area contributed by atoms with Crippen molar-refractivity contribution in [2.75, 3.05) is 26.2 Å². The van der Waals surface area contributed by atoms with Gasteiger partial charge in [-0.2, -0.15) is 0 Å². The van der Waals surface area contributed by atoms with Gasteiger partial charge in [0.05, 0.1) is 6.54 Å². The topological polar surface area (TPSA) is 52.6 Å². The van der Waals surface area contributed by atoms with Gasteiger partial charge in [0, 0.05) is 19.1 Å². The third-order valence-corrected chi connectivity index (χ3v) is 3.94. The first kappa shape index (κ1) is 12.8. The number of carboxylic acids is 1. The van der Waals surface area contributed by atoms with Crippen LogP contribution in [0.5, 0.6) is 0 Å². The van der Waals surface area contributed by atoms with Crippen LogP contribution < -0.4 is 5.32 Å². The second-order valence-electron chi connectivity index (χ2n) is 5.65. The van der Waals surface area contributed by atoms with Gasteiger partial charge in [-0.05, 0) is 37.6 Å². The average molecular weight is 240 g/mol. The minimum absolute atomic E-state index is 0.193. The largest absolute Gasteiger partial charge is 0.480 e. The summed E-state index contributed by atoms with van der Waals surface area (Å²) in [5.41, 5.74) is 0. The van der Waals surface area contributed by atoms with Crippen molar-refractivity contribution in [3.8, 4) is 0 Å². The van der Waals surface area contributed by atoms with Crippen LogP contribution >= 0.6 is 0 Å². The molecule has 17 heavy (non-hydrogen) atoms. The van der Waals surface area contributed by atoms with Crippen LogP contribution in [0.25, 0.3) is 0 Å². The van der Waals surface area contributed by atoms with E-state index >= 15 is 0 Å². The second kappa shape index (κ2) is 5.83. The van der Waals surface area contributed by atoms with E-state index in [1.807, 2.05) is 0 Å². The van der Waals surface area contributed by atoms with Crippen LogP contribution in [0.2, 0.25) is 0 Å². The Kier molecular flexibility index (Phi) is 4.40. The molecule has 2 N–H and O–H groups in total. The fourth-order valence-corrected chi connectivity index (χ4v) is 2.72. The van der Waals surface area contributed by atoms with Gasteiger partial charge in [0.2, 0.25) is 0 Å². The summed E-state index contributed by atoms with van der Waals surface area (Å²) in [4.78, 5) is 12.9. The van der Waals surface area contributed by atoms with Gasteiger partial charge in [-0.15, -0.1) is 0 Å². The summed E-state index contributed by atoms with van der Waals surface area (Å²) in [6, 6.07) is 0.494. The molecule has 98 valence electrons. The number of likely N-dealkylation sites (tertiary alicyclic amines) is 1. The molecular weight excluding hydrogens is 216 g/mol. The maximum Gasteiger partial charge on any atom is 0.317 e. The molecule has 2 aliphatic rings. The van der Waals surface area contributed by atoms with Gasteiger partial charge in [0.25, 0.3) is 0 Å². The second-order valence-corrected chi connectivity index (χ2v) is 5.65. The van der Waals surface area contributed by atoms with Gasteiger partial charge in [-0.25, -0.2) is 0 Å². The van der Waals surface area contributed by atoms with E-state index in [1.54, 1.807) is 0 Å². The maximum atomic E-state index is 10.8. The van der Waals surface area contributed by atoms with Gasteiger partial charge in [-0.1, -0.05) is 13.3 Å². The molecule has 1 saturated carbocycles. The Morgan fingerprint density at radius 1 is 1.35 bits per heavy atom. The number of hydrogen-bond acceptors (Lipinski definition) is 3. The van der Waals surface area contributed by atoms with Gasteiger partial charge in [0.15, 0.2) is 0 Å². The quantitative estimate of drug-likeness (QED) is 0.732. The van der Waals surface area contributed by atoms with E-state index in [2.05, 4.69) is 17.1 Å². The number of aliphatic carboxylic acids is 1. The van der Waals surface area contributed by atoms with Crippen LogP contribution in [0, 0.1) is 11.8 Å². The van der Waals surface area contributed by atoms with E-state index in [0.717, 1.165) is 32.0 Å². The molecule has 4 heteroatoms. The van der Waals surface area contributed by atoms with Crippen LogP contribution in [0.3, 0.4) is 0 Å². The number of rotatable bonds is 6. The zero-order valence-electron chi connectivity index (χ0n) is 10.7. The molecule has 1 saturated heterocycles. The van der Waals surface area contributed by atoms with Crippen LogP contribution in [0.15, 0.2) is 0 Å². The normalized spacial score (nSPS) is 30.4. The van der Waals surface area contributed by atoms with E-state index in [9.17, 15) is 4.79 Å². The molecule has 1 aliphatic heterocycles. The maximum absolute atomic E-state index is 10.8. The molecule has 0 spiro atoms. The third kappa shape index (κ3) is 4.28. The summed E-state index contributed by atoms with van der Waals surface area (Å²) >= 11 is 0. The lowest BCUT2D eigenvalue weighted by atomic mass is 9.92. The summed E-state index contributed by atoms with van der Waals surface area (Å²) in [5.74, 6) is 0.840. The van der Waals surface area contributed by atoms with Crippen LogP contribution in [0.4, 0.5) is 0 Å². The highest BCUT2D eigenvalue weighted by atomic mass is 16.4. The minimum Gasteiger partial charge on any atom is -0.480 e. The van der Waals surface area contributed by atoms with Crippen molar-refractivity contribution < 1.29 is 9.90 Å². The summed E-state index contributed by atoms with van der Waals surface area (Å²) < 4.78 is 0. The predicted octanol–water partition coefficient (Wildman–Crippen LogP) is 1.17. The van der Waals surface area contributed by atoms with E-state index in [4.69, 9.17) is 5.11 Å². The number of nitrogens with zero attached hydrogens (tertiary/aromatic N) is 1. The first-order valence-electron chi connectivity index (χ1n) is 6.85. The Morgan fingerprint density at radius 3 is 2.71 bits per heavy atom. The van der Waals surface area contributed by atoms with Crippen LogP contribution in [0.1, 0.15) is 32.6 Å². The number of hydrogen-bond donors (Lipinski definition) is 2. The third-order valence-electron chi connectivity index (χ3n) is 3.94. The van der Waals surface area contributed by atoms with Crippen LogP contribution in [-0.2, 0) is 4.79 Å². The highest BCUT2D eigenvalue weighted by molar-refractivity contribution is 5.69. The standard InChI is InChI=1S/C13H24N2O2/c1-2-10-5-12(14-6-11-3-4-11)8-15(7-10)9-13(16)17/h10-12,14H,2-9H2,1H3,(H,16,17). The Labute approximate surface area is 103 Å². The van der Waals surface area contributed by atoms with Crippen molar-refractivity contribution in [3.05, 3.63) is 0 Å². The van der Waals surface area contributed by atoms with E-state index in [-0.39, 0.29) is 6.54 Å². The van der Waals surface area contributed by atoms with Gasteiger partial charge in [0.1, 0.15) is 0 Å². The minimum atomic E-state index is -0.706.